The summed E-state index contributed by atoms with van der Waals surface area (Å²) in [5.74, 6) is 0.620. The Kier molecular flexibility index (Phi) is 3.82. The molecule has 18 heavy (non-hydrogen) atoms. The van der Waals surface area contributed by atoms with Crippen molar-refractivity contribution in [2.24, 2.45) is 0 Å². The third-order valence-electron chi connectivity index (χ3n) is 4.08. The van der Waals surface area contributed by atoms with Crippen LogP contribution in [0.5, 0.6) is 0 Å². The minimum Gasteiger partial charge on any atom is -0.291 e. The molecule has 1 heteroatoms. The van der Waals surface area contributed by atoms with Crippen LogP contribution in [-0.4, -0.2) is 17.0 Å². The highest BCUT2D eigenvalue weighted by Gasteiger charge is 2.33. The van der Waals surface area contributed by atoms with Crippen molar-refractivity contribution in [2.45, 2.75) is 65.0 Å². The van der Waals surface area contributed by atoms with E-state index in [1.165, 1.54) is 30.5 Å². The summed E-state index contributed by atoms with van der Waals surface area (Å²) < 4.78 is 0. The van der Waals surface area contributed by atoms with Gasteiger partial charge in [-0.15, -0.1) is 0 Å². The fourth-order valence-electron chi connectivity index (χ4n) is 3.04. The van der Waals surface area contributed by atoms with E-state index in [4.69, 9.17) is 0 Å². The van der Waals surface area contributed by atoms with E-state index in [1.807, 2.05) is 0 Å². The Balaban J connectivity index is 2.28. The third kappa shape index (κ3) is 2.77. The summed E-state index contributed by atoms with van der Waals surface area (Å²) in [5, 5.41) is 0. The monoisotopic (exact) mass is 245 g/mol. The smallest absolute Gasteiger partial charge is 0.0353 e. The fraction of sp³-hybridized carbons (Fsp3) is 0.647. The zero-order chi connectivity index (χ0) is 13.3. The molecule has 1 nitrogen and oxygen atoms in total. The molecular formula is C17H27N. The van der Waals surface area contributed by atoms with Gasteiger partial charge in [-0.1, -0.05) is 38.1 Å². The van der Waals surface area contributed by atoms with Crippen LogP contribution in [-0.2, 0) is 0 Å². The molecule has 1 fully saturated rings. The summed E-state index contributed by atoms with van der Waals surface area (Å²) in [5.41, 5.74) is 3.25. The van der Waals surface area contributed by atoms with Gasteiger partial charge in [0, 0.05) is 11.6 Å². The summed E-state index contributed by atoms with van der Waals surface area (Å²) in [6, 6.07) is 9.82. The Labute approximate surface area is 112 Å². The lowest BCUT2D eigenvalue weighted by molar-refractivity contribution is 0.121. The second-order valence-electron chi connectivity index (χ2n) is 6.85. The molecule has 0 amide bonds. The molecule has 1 unspecified atom stereocenters. The maximum absolute atomic E-state index is 2.66. The van der Waals surface area contributed by atoms with Crippen molar-refractivity contribution in [2.75, 3.05) is 6.54 Å². The average molecular weight is 245 g/mol. The Morgan fingerprint density at radius 3 is 2.56 bits per heavy atom. The predicted octanol–water partition coefficient (Wildman–Crippen LogP) is 4.75. The topological polar surface area (TPSA) is 3.24 Å². The SMILES string of the molecule is CC(C)c1cccc(C2CCCN2C(C)(C)C)c1. The number of benzene rings is 1. The lowest BCUT2D eigenvalue weighted by Crippen LogP contribution is -2.40. The Bertz CT molecular complexity index is 400. The first kappa shape index (κ1) is 13.6. The minimum atomic E-state index is 0.273. The molecule has 1 saturated heterocycles. The number of nitrogens with zero attached hydrogens (tertiary/aromatic N) is 1. The molecule has 1 aromatic carbocycles. The summed E-state index contributed by atoms with van der Waals surface area (Å²) in [4.78, 5) is 2.66. The van der Waals surface area contributed by atoms with Crippen molar-refractivity contribution in [1.82, 2.24) is 4.90 Å². The number of rotatable bonds is 2. The van der Waals surface area contributed by atoms with Gasteiger partial charge in [0.1, 0.15) is 0 Å². The number of likely N-dealkylation sites (tertiary alicyclic amines) is 1. The van der Waals surface area contributed by atoms with Gasteiger partial charge in [-0.2, -0.15) is 0 Å². The normalized spacial score (nSPS) is 21.8. The maximum atomic E-state index is 2.66. The molecule has 0 aliphatic carbocycles. The van der Waals surface area contributed by atoms with E-state index < -0.39 is 0 Å². The molecule has 0 radical (unpaired) electrons. The molecule has 0 saturated carbocycles. The lowest BCUT2D eigenvalue weighted by atomic mass is 9.95. The second-order valence-corrected chi connectivity index (χ2v) is 6.85. The van der Waals surface area contributed by atoms with Crippen LogP contribution in [0.25, 0.3) is 0 Å². The van der Waals surface area contributed by atoms with E-state index in [9.17, 15) is 0 Å². The van der Waals surface area contributed by atoms with E-state index in [-0.39, 0.29) is 5.54 Å². The Morgan fingerprint density at radius 1 is 1.22 bits per heavy atom. The third-order valence-corrected chi connectivity index (χ3v) is 4.08. The van der Waals surface area contributed by atoms with E-state index in [0.29, 0.717) is 12.0 Å². The summed E-state index contributed by atoms with van der Waals surface area (Å²) in [6.45, 7) is 12.8. The molecule has 100 valence electrons. The zero-order valence-electron chi connectivity index (χ0n) is 12.5. The molecule has 1 atom stereocenters. The largest absolute Gasteiger partial charge is 0.291 e. The first-order chi connectivity index (χ1) is 8.39. The van der Waals surface area contributed by atoms with Crippen LogP contribution in [0.4, 0.5) is 0 Å². The van der Waals surface area contributed by atoms with Gasteiger partial charge in [-0.25, -0.2) is 0 Å². The number of hydrogen-bond acceptors (Lipinski definition) is 1. The van der Waals surface area contributed by atoms with Crippen molar-refractivity contribution in [3.63, 3.8) is 0 Å². The van der Waals surface area contributed by atoms with Gasteiger partial charge >= 0.3 is 0 Å². The van der Waals surface area contributed by atoms with Crippen molar-refractivity contribution >= 4 is 0 Å². The lowest BCUT2D eigenvalue weighted by Gasteiger charge is -2.37. The van der Waals surface area contributed by atoms with E-state index in [0.717, 1.165) is 0 Å². The average Bonchev–Trinajstić information content (AvgIpc) is 2.77. The zero-order valence-corrected chi connectivity index (χ0v) is 12.5. The highest BCUT2D eigenvalue weighted by molar-refractivity contribution is 5.29. The van der Waals surface area contributed by atoms with Crippen molar-refractivity contribution in [3.05, 3.63) is 35.4 Å². The van der Waals surface area contributed by atoms with Crippen molar-refractivity contribution in [3.8, 4) is 0 Å². The van der Waals surface area contributed by atoms with Crippen LogP contribution >= 0.6 is 0 Å². The molecule has 2 rings (SSSR count). The predicted molar refractivity (Wildman–Crippen MR) is 79.0 cm³/mol. The molecular weight excluding hydrogens is 218 g/mol. The minimum absolute atomic E-state index is 0.273. The first-order valence-electron chi connectivity index (χ1n) is 7.26. The van der Waals surface area contributed by atoms with Gasteiger partial charge in [-0.05, 0) is 57.2 Å². The van der Waals surface area contributed by atoms with Gasteiger partial charge in [0.05, 0.1) is 0 Å². The highest BCUT2D eigenvalue weighted by atomic mass is 15.2. The van der Waals surface area contributed by atoms with Gasteiger partial charge < -0.3 is 0 Å². The molecule has 1 aliphatic rings. The summed E-state index contributed by atoms with van der Waals surface area (Å²) >= 11 is 0. The quantitative estimate of drug-likeness (QED) is 0.727. The van der Waals surface area contributed by atoms with E-state index in [2.05, 4.69) is 63.8 Å². The summed E-state index contributed by atoms with van der Waals surface area (Å²) in [7, 11) is 0. The standard InChI is InChI=1S/C17H27N/c1-13(2)14-8-6-9-15(12-14)16-10-7-11-18(16)17(3,4)5/h6,8-9,12-13,16H,7,10-11H2,1-5H3. The van der Waals surface area contributed by atoms with Crippen LogP contribution in [0.15, 0.2) is 24.3 Å². The van der Waals surface area contributed by atoms with Crippen molar-refractivity contribution < 1.29 is 0 Å². The Morgan fingerprint density at radius 2 is 1.94 bits per heavy atom. The van der Waals surface area contributed by atoms with E-state index >= 15 is 0 Å². The highest BCUT2D eigenvalue weighted by Crippen LogP contribution is 2.37. The van der Waals surface area contributed by atoms with Gasteiger partial charge in [0.25, 0.3) is 0 Å². The first-order valence-corrected chi connectivity index (χ1v) is 7.26. The Hall–Kier alpha value is -0.820. The molecule has 1 aromatic rings. The maximum Gasteiger partial charge on any atom is 0.0353 e. The molecule has 0 bridgehead atoms. The van der Waals surface area contributed by atoms with Gasteiger partial charge in [0.15, 0.2) is 0 Å². The van der Waals surface area contributed by atoms with Gasteiger partial charge in [0.2, 0.25) is 0 Å². The van der Waals surface area contributed by atoms with Gasteiger partial charge in [-0.3, -0.25) is 4.90 Å². The molecule has 1 heterocycles. The van der Waals surface area contributed by atoms with Crippen LogP contribution in [0, 0.1) is 0 Å². The van der Waals surface area contributed by atoms with Crippen LogP contribution in [0.1, 0.15) is 70.5 Å². The van der Waals surface area contributed by atoms with Crippen LogP contribution in [0.2, 0.25) is 0 Å². The van der Waals surface area contributed by atoms with Crippen molar-refractivity contribution in [1.29, 1.82) is 0 Å². The van der Waals surface area contributed by atoms with E-state index in [1.54, 1.807) is 0 Å². The van der Waals surface area contributed by atoms with Crippen LogP contribution < -0.4 is 0 Å². The second kappa shape index (κ2) is 5.05. The fourth-order valence-corrected chi connectivity index (χ4v) is 3.04. The molecule has 0 N–H and O–H groups in total. The summed E-state index contributed by atoms with van der Waals surface area (Å²) in [6.07, 6.45) is 2.63. The molecule has 1 aliphatic heterocycles. The van der Waals surface area contributed by atoms with Crippen LogP contribution in [0.3, 0.4) is 0 Å². The molecule has 0 spiro atoms. The molecule has 0 aromatic heterocycles. The number of hydrogen-bond donors (Lipinski definition) is 0.